The van der Waals surface area contributed by atoms with E-state index in [-0.39, 0.29) is 34.7 Å². The van der Waals surface area contributed by atoms with Gasteiger partial charge in [-0.05, 0) is 42.3 Å². The summed E-state index contributed by atoms with van der Waals surface area (Å²) in [6.07, 6.45) is 0.0995. The van der Waals surface area contributed by atoms with Crippen LogP contribution in [0.3, 0.4) is 0 Å². The van der Waals surface area contributed by atoms with Crippen LogP contribution in [0.15, 0.2) is 84.2 Å². The lowest BCUT2D eigenvalue weighted by Crippen LogP contribution is -2.48. The monoisotopic (exact) mass is 558 g/mol. The molecule has 0 bridgehead atoms. The van der Waals surface area contributed by atoms with Crippen LogP contribution in [0.5, 0.6) is 0 Å². The fraction of sp³-hybridized carbons (Fsp3) is 0.133. The summed E-state index contributed by atoms with van der Waals surface area (Å²) in [6.45, 7) is 1.84. The first-order chi connectivity index (χ1) is 18.9. The molecule has 0 spiro atoms. The smallest absolute Gasteiger partial charge is 0.341 e. The minimum Gasteiger partial charge on any atom is -0.462 e. The molecule has 1 aliphatic heterocycles. The van der Waals surface area contributed by atoms with Crippen LogP contribution in [0, 0.1) is 0 Å². The fourth-order valence-electron chi connectivity index (χ4n) is 4.52. The Hall–Kier alpha value is -4.27. The van der Waals surface area contributed by atoms with Crippen LogP contribution < -0.4 is 5.32 Å². The summed E-state index contributed by atoms with van der Waals surface area (Å²) in [4.78, 5) is 54.5. The molecule has 7 nitrogen and oxygen atoms in total. The largest absolute Gasteiger partial charge is 0.462 e. The number of halogens is 1. The second-order valence-corrected chi connectivity index (χ2v) is 10.1. The standard InChI is InChI=1S/C30H23ClN2O5S/c1-2-38-30(37)25-23(19-12-14-20(31)15-13-19)17-39-27(25)32-26(34)24(16-18-8-4-3-5-9-18)33-28(35)21-10-6-7-11-22(21)29(33)36/h3-15,17,24H,2,16H2,1H3,(H,32,34). The molecule has 0 saturated carbocycles. The molecule has 1 unspecified atom stereocenters. The summed E-state index contributed by atoms with van der Waals surface area (Å²) < 4.78 is 5.30. The lowest BCUT2D eigenvalue weighted by molar-refractivity contribution is -0.119. The van der Waals surface area contributed by atoms with Gasteiger partial charge in [0.1, 0.15) is 16.6 Å². The van der Waals surface area contributed by atoms with E-state index in [1.165, 1.54) is 0 Å². The van der Waals surface area contributed by atoms with Crippen molar-refractivity contribution in [1.29, 1.82) is 0 Å². The van der Waals surface area contributed by atoms with Crippen LogP contribution in [-0.4, -0.2) is 41.2 Å². The van der Waals surface area contributed by atoms with Gasteiger partial charge in [-0.15, -0.1) is 11.3 Å². The zero-order chi connectivity index (χ0) is 27.5. The SMILES string of the molecule is CCOC(=O)c1c(-c2ccc(Cl)cc2)csc1NC(=O)C(Cc1ccccc1)N1C(=O)c2ccccc2C1=O. The Kier molecular flexibility index (Phi) is 7.58. The quantitative estimate of drug-likeness (QED) is 0.209. The molecule has 0 aliphatic carbocycles. The van der Waals surface area contributed by atoms with Gasteiger partial charge in [-0.1, -0.05) is 66.2 Å². The maximum Gasteiger partial charge on any atom is 0.341 e. The first kappa shape index (κ1) is 26.3. The third-order valence-electron chi connectivity index (χ3n) is 6.37. The van der Waals surface area contributed by atoms with Gasteiger partial charge in [-0.2, -0.15) is 0 Å². The van der Waals surface area contributed by atoms with Crippen molar-refractivity contribution in [2.75, 3.05) is 11.9 Å². The van der Waals surface area contributed by atoms with Crippen LogP contribution in [0.4, 0.5) is 5.00 Å². The Bertz CT molecular complexity index is 1530. The van der Waals surface area contributed by atoms with Gasteiger partial charge in [0.25, 0.3) is 11.8 Å². The van der Waals surface area contributed by atoms with E-state index in [1.54, 1.807) is 60.8 Å². The molecule has 39 heavy (non-hydrogen) atoms. The summed E-state index contributed by atoms with van der Waals surface area (Å²) in [5.74, 6) is -2.27. The number of esters is 1. The Labute approximate surface area is 234 Å². The molecule has 196 valence electrons. The predicted octanol–water partition coefficient (Wildman–Crippen LogP) is 6.09. The number of rotatable bonds is 8. The Balaban J connectivity index is 1.52. The number of imide groups is 1. The number of carbonyl (C=O) groups is 4. The molecule has 9 heteroatoms. The van der Waals surface area contributed by atoms with Gasteiger partial charge >= 0.3 is 5.97 Å². The first-order valence-electron chi connectivity index (χ1n) is 12.2. The molecular formula is C30H23ClN2O5S. The summed E-state index contributed by atoms with van der Waals surface area (Å²) in [5, 5.41) is 5.38. The van der Waals surface area contributed by atoms with Gasteiger partial charge in [-0.3, -0.25) is 19.3 Å². The van der Waals surface area contributed by atoms with E-state index < -0.39 is 29.7 Å². The highest BCUT2D eigenvalue weighted by molar-refractivity contribution is 7.15. The lowest BCUT2D eigenvalue weighted by atomic mass is 10.0. The molecule has 3 amide bonds. The van der Waals surface area contributed by atoms with Crippen LogP contribution in [0.25, 0.3) is 11.1 Å². The van der Waals surface area contributed by atoms with Gasteiger partial charge in [-0.25, -0.2) is 4.79 Å². The van der Waals surface area contributed by atoms with Gasteiger partial charge in [0.15, 0.2) is 0 Å². The maximum absolute atomic E-state index is 13.8. The maximum atomic E-state index is 13.8. The molecule has 5 rings (SSSR count). The predicted molar refractivity (Wildman–Crippen MR) is 150 cm³/mol. The van der Waals surface area contributed by atoms with E-state index in [0.29, 0.717) is 10.6 Å². The molecule has 0 saturated heterocycles. The molecule has 1 aromatic heterocycles. The van der Waals surface area contributed by atoms with E-state index in [9.17, 15) is 19.2 Å². The van der Waals surface area contributed by atoms with Crippen molar-refractivity contribution in [3.05, 3.63) is 112 Å². The Morgan fingerprint density at radius 1 is 0.897 bits per heavy atom. The zero-order valence-corrected chi connectivity index (χ0v) is 22.4. The van der Waals surface area contributed by atoms with Crippen molar-refractivity contribution in [3.8, 4) is 11.1 Å². The van der Waals surface area contributed by atoms with Crippen molar-refractivity contribution in [2.24, 2.45) is 0 Å². The second-order valence-electron chi connectivity index (χ2n) is 8.80. The molecule has 4 aromatic rings. The number of hydrogen-bond acceptors (Lipinski definition) is 6. The van der Waals surface area contributed by atoms with E-state index in [4.69, 9.17) is 16.3 Å². The Morgan fingerprint density at radius 2 is 1.51 bits per heavy atom. The van der Waals surface area contributed by atoms with Crippen molar-refractivity contribution < 1.29 is 23.9 Å². The highest BCUT2D eigenvalue weighted by Crippen LogP contribution is 2.37. The highest BCUT2D eigenvalue weighted by Gasteiger charge is 2.43. The van der Waals surface area contributed by atoms with Crippen molar-refractivity contribution in [1.82, 2.24) is 4.90 Å². The summed E-state index contributed by atoms with van der Waals surface area (Å²) in [6, 6.07) is 21.4. The third kappa shape index (κ3) is 5.21. The van der Waals surface area contributed by atoms with E-state index >= 15 is 0 Å². The molecule has 1 atom stereocenters. The van der Waals surface area contributed by atoms with Crippen LogP contribution >= 0.6 is 22.9 Å². The van der Waals surface area contributed by atoms with E-state index in [2.05, 4.69) is 5.32 Å². The Morgan fingerprint density at radius 3 is 2.13 bits per heavy atom. The van der Waals surface area contributed by atoms with E-state index in [1.807, 2.05) is 30.3 Å². The number of fused-ring (bicyclic) bond motifs is 1. The minimum absolute atomic E-state index is 0.0995. The number of nitrogens with one attached hydrogen (secondary N) is 1. The van der Waals surface area contributed by atoms with Gasteiger partial charge < -0.3 is 10.1 Å². The van der Waals surface area contributed by atoms with E-state index in [0.717, 1.165) is 27.4 Å². The molecule has 1 aliphatic rings. The average Bonchev–Trinajstić information content (AvgIpc) is 3.47. The third-order valence-corrected chi connectivity index (χ3v) is 7.52. The summed E-state index contributed by atoms with van der Waals surface area (Å²) in [5.41, 5.74) is 2.76. The van der Waals surface area contributed by atoms with Crippen LogP contribution in [-0.2, 0) is 16.0 Å². The first-order valence-corrected chi connectivity index (χ1v) is 13.5. The molecule has 3 aromatic carbocycles. The topological polar surface area (TPSA) is 92.8 Å². The average molecular weight is 559 g/mol. The molecule has 2 heterocycles. The molecule has 0 radical (unpaired) electrons. The van der Waals surface area contributed by atoms with Crippen molar-refractivity contribution in [3.63, 3.8) is 0 Å². The number of benzene rings is 3. The highest BCUT2D eigenvalue weighted by atomic mass is 35.5. The normalized spacial score (nSPS) is 13.2. The van der Waals surface area contributed by atoms with Crippen LogP contribution in [0.2, 0.25) is 5.02 Å². The number of nitrogens with zero attached hydrogens (tertiary/aromatic N) is 1. The molecular weight excluding hydrogens is 536 g/mol. The summed E-state index contributed by atoms with van der Waals surface area (Å²) in [7, 11) is 0. The fourth-order valence-corrected chi connectivity index (χ4v) is 5.61. The lowest BCUT2D eigenvalue weighted by Gasteiger charge is -2.25. The number of carbonyl (C=O) groups excluding carboxylic acids is 4. The van der Waals surface area contributed by atoms with Gasteiger partial charge in [0.05, 0.1) is 17.7 Å². The zero-order valence-electron chi connectivity index (χ0n) is 20.8. The number of anilines is 1. The molecule has 0 fully saturated rings. The number of amides is 3. The summed E-state index contributed by atoms with van der Waals surface area (Å²) >= 11 is 7.20. The van der Waals surface area contributed by atoms with Crippen molar-refractivity contribution >= 4 is 51.6 Å². The van der Waals surface area contributed by atoms with Crippen molar-refractivity contribution in [2.45, 2.75) is 19.4 Å². The number of thiophene rings is 1. The minimum atomic E-state index is -1.16. The second kappa shape index (κ2) is 11.2. The molecule has 1 N–H and O–H groups in total. The van der Waals surface area contributed by atoms with Gasteiger partial charge in [0.2, 0.25) is 5.91 Å². The van der Waals surface area contributed by atoms with Gasteiger partial charge in [0, 0.05) is 22.4 Å². The van der Waals surface area contributed by atoms with Crippen LogP contribution in [0.1, 0.15) is 43.6 Å². The number of ether oxygens (including phenoxy) is 1. The number of hydrogen-bond donors (Lipinski definition) is 1.